The van der Waals surface area contributed by atoms with Crippen LogP contribution < -0.4 is 15.8 Å². The Morgan fingerprint density at radius 2 is 2.18 bits per heavy atom. The summed E-state index contributed by atoms with van der Waals surface area (Å²) in [5.74, 6) is -0.206. The second kappa shape index (κ2) is 7.04. The molecule has 8 heteroatoms. The van der Waals surface area contributed by atoms with Crippen molar-refractivity contribution in [2.24, 2.45) is 5.73 Å². The number of hydrogen-bond acceptors (Lipinski definition) is 4. The van der Waals surface area contributed by atoms with E-state index in [2.05, 4.69) is 15.0 Å². The maximum absolute atomic E-state index is 12.2. The fourth-order valence-electron chi connectivity index (χ4n) is 1.72. The first-order valence-corrected chi connectivity index (χ1v) is 6.56. The molecule has 0 radical (unpaired) electrons. The summed E-state index contributed by atoms with van der Waals surface area (Å²) in [6, 6.07) is 7.64. The lowest BCUT2D eigenvalue weighted by atomic mass is 10.2. The van der Waals surface area contributed by atoms with Crippen molar-refractivity contribution in [1.82, 2.24) is 4.98 Å². The van der Waals surface area contributed by atoms with Crippen LogP contribution >= 0.6 is 11.6 Å². The first-order valence-electron chi connectivity index (χ1n) is 6.18. The third kappa shape index (κ3) is 4.29. The van der Waals surface area contributed by atoms with Gasteiger partial charge in [0.25, 0.3) is 0 Å². The summed E-state index contributed by atoms with van der Waals surface area (Å²) in [6.45, 7) is -2.58. The van der Waals surface area contributed by atoms with Gasteiger partial charge in [-0.1, -0.05) is 23.7 Å². The van der Waals surface area contributed by atoms with Gasteiger partial charge < -0.3 is 15.8 Å². The fraction of sp³-hybridized carbons (Fsp3) is 0.143. The summed E-state index contributed by atoms with van der Waals surface area (Å²) in [5.41, 5.74) is 6.02. The van der Waals surface area contributed by atoms with Crippen LogP contribution in [0.3, 0.4) is 0 Å². The smallest absolute Gasteiger partial charge is 0.387 e. The molecule has 3 N–H and O–H groups in total. The van der Waals surface area contributed by atoms with Gasteiger partial charge in [-0.25, -0.2) is 4.98 Å². The van der Waals surface area contributed by atoms with Crippen LogP contribution in [0.2, 0.25) is 5.02 Å². The molecule has 0 aliphatic carbocycles. The van der Waals surface area contributed by atoms with E-state index in [-0.39, 0.29) is 16.3 Å². The summed E-state index contributed by atoms with van der Waals surface area (Å²) in [7, 11) is 0. The Labute approximate surface area is 130 Å². The molecule has 0 aliphatic heterocycles. The minimum Gasteiger partial charge on any atom is -0.435 e. The van der Waals surface area contributed by atoms with Crippen LogP contribution in [0.25, 0.3) is 0 Å². The molecule has 0 fully saturated rings. The Kier molecular flexibility index (Phi) is 5.11. The monoisotopic (exact) mass is 327 g/mol. The first-order chi connectivity index (χ1) is 10.5. The second-order valence-corrected chi connectivity index (χ2v) is 4.71. The molecule has 0 saturated carbocycles. The summed E-state index contributed by atoms with van der Waals surface area (Å²) in [4.78, 5) is 15.0. The van der Waals surface area contributed by atoms with E-state index >= 15 is 0 Å². The molecule has 0 saturated heterocycles. The Bertz CT molecular complexity index is 683. The molecule has 22 heavy (non-hydrogen) atoms. The predicted octanol–water partition coefficient (Wildman–Crippen LogP) is 3.05. The zero-order chi connectivity index (χ0) is 16.1. The minimum absolute atomic E-state index is 0.0671. The number of anilines is 1. The van der Waals surface area contributed by atoms with Crippen LogP contribution in [-0.4, -0.2) is 17.5 Å². The van der Waals surface area contributed by atoms with Gasteiger partial charge in [-0.15, -0.1) is 0 Å². The Morgan fingerprint density at radius 1 is 1.41 bits per heavy atom. The average molecular weight is 328 g/mol. The standard InChI is InChI=1S/C14H12ClF2N3O2/c15-11-5-9(12(18)21)7-20-13(11)19-6-8-2-1-3-10(4-8)22-14(16)17/h1-5,7,14H,6H2,(H2,18,21)(H,19,20). The molecule has 2 aromatic rings. The van der Waals surface area contributed by atoms with Crippen molar-refractivity contribution in [2.75, 3.05) is 5.32 Å². The van der Waals surface area contributed by atoms with E-state index in [0.29, 0.717) is 17.9 Å². The van der Waals surface area contributed by atoms with Gasteiger partial charge in [0, 0.05) is 12.7 Å². The fourth-order valence-corrected chi connectivity index (χ4v) is 1.95. The lowest BCUT2D eigenvalue weighted by molar-refractivity contribution is -0.0498. The average Bonchev–Trinajstić information content (AvgIpc) is 2.45. The number of pyridine rings is 1. The van der Waals surface area contributed by atoms with Crippen LogP contribution in [0, 0.1) is 0 Å². The number of carbonyl (C=O) groups excluding carboxylic acids is 1. The number of rotatable bonds is 6. The number of nitrogens with zero attached hydrogens (tertiary/aromatic N) is 1. The van der Waals surface area contributed by atoms with Crippen molar-refractivity contribution in [3.8, 4) is 5.75 Å². The van der Waals surface area contributed by atoms with Crippen molar-refractivity contribution >= 4 is 23.3 Å². The van der Waals surface area contributed by atoms with Gasteiger partial charge in [-0.2, -0.15) is 8.78 Å². The van der Waals surface area contributed by atoms with Gasteiger partial charge in [-0.05, 0) is 23.8 Å². The van der Waals surface area contributed by atoms with Crippen molar-refractivity contribution < 1.29 is 18.3 Å². The number of aromatic nitrogens is 1. The highest BCUT2D eigenvalue weighted by molar-refractivity contribution is 6.33. The van der Waals surface area contributed by atoms with E-state index in [4.69, 9.17) is 17.3 Å². The number of ether oxygens (including phenoxy) is 1. The molecule has 2 rings (SSSR count). The highest BCUT2D eigenvalue weighted by Gasteiger charge is 2.08. The van der Waals surface area contributed by atoms with Crippen LogP contribution in [-0.2, 0) is 6.54 Å². The maximum Gasteiger partial charge on any atom is 0.387 e. The molecule has 0 aliphatic rings. The van der Waals surface area contributed by atoms with Crippen molar-refractivity contribution in [3.05, 3.63) is 52.7 Å². The quantitative estimate of drug-likeness (QED) is 0.855. The number of alkyl halides is 2. The molecule has 0 unspecified atom stereocenters. The molecule has 0 atom stereocenters. The molecule has 116 valence electrons. The molecule has 0 bridgehead atoms. The van der Waals surface area contributed by atoms with Crippen LogP contribution in [0.4, 0.5) is 14.6 Å². The molecule has 1 aromatic carbocycles. The number of amides is 1. The topological polar surface area (TPSA) is 77.2 Å². The third-order valence-electron chi connectivity index (χ3n) is 2.71. The van der Waals surface area contributed by atoms with Crippen LogP contribution in [0.15, 0.2) is 36.5 Å². The predicted molar refractivity (Wildman–Crippen MR) is 78.2 cm³/mol. The van der Waals surface area contributed by atoms with E-state index in [0.717, 1.165) is 0 Å². The zero-order valence-corrected chi connectivity index (χ0v) is 12.0. The third-order valence-corrected chi connectivity index (χ3v) is 3.00. The Morgan fingerprint density at radius 3 is 2.82 bits per heavy atom. The number of benzene rings is 1. The Hall–Kier alpha value is -2.41. The van der Waals surface area contributed by atoms with E-state index in [1.165, 1.54) is 24.4 Å². The van der Waals surface area contributed by atoms with Gasteiger partial charge in [0.2, 0.25) is 5.91 Å². The van der Waals surface area contributed by atoms with Crippen molar-refractivity contribution in [1.29, 1.82) is 0 Å². The molecular formula is C14H12ClF2N3O2. The highest BCUT2D eigenvalue weighted by atomic mass is 35.5. The SMILES string of the molecule is NC(=O)c1cnc(NCc2cccc(OC(F)F)c2)c(Cl)c1. The summed E-state index contributed by atoms with van der Waals surface area (Å²) < 4.78 is 28.6. The highest BCUT2D eigenvalue weighted by Crippen LogP contribution is 2.22. The largest absolute Gasteiger partial charge is 0.435 e. The summed E-state index contributed by atoms with van der Waals surface area (Å²) in [6.07, 6.45) is 1.30. The van der Waals surface area contributed by atoms with Gasteiger partial charge in [-0.3, -0.25) is 4.79 Å². The van der Waals surface area contributed by atoms with Crippen LogP contribution in [0.1, 0.15) is 15.9 Å². The van der Waals surface area contributed by atoms with Crippen molar-refractivity contribution in [2.45, 2.75) is 13.2 Å². The molecule has 1 amide bonds. The van der Waals surface area contributed by atoms with Gasteiger partial charge in [0.15, 0.2) is 0 Å². The number of nitrogens with two attached hydrogens (primary N) is 1. The first kappa shape index (κ1) is 16.0. The number of hydrogen-bond donors (Lipinski definition) is 2. The normalized spacial score (nSPS) is 10.5. The Balaban J connectivity index is 2.05. The minimum atomic E-state index is -2.87. The number of nitrogens with one attached hydrogen (secondary N) is 1. The van der Waals surface area contributed by atoms with Gasteiger partial charge in [0.05, 0.1) is 10.6 Å². The lowest BCUT2D eigenvalue weighted by Gasteiger charge is -2.10. The van der Waals surface area contributed by atoms with E-state index in [1.807, 2.05) is 0 Å². The molecule has 0 spiro atoms. The van der Waals surface area contributed by atoms with E-state index in [1.54, 1.807) is 12.1 Å². The number of halogens is 3. The zero-order valence-electron chi connectivity index (χ0n) is 11.2. The van der Waals surface area contributed by atoms with Crippen LogP contribution in [0.5, 0.6) is 5.75 Å². The maximum atomic E-state index is 12.2. The van der Waals surface area contributed by atoms with E-state index in [9.17, 15) is 13.6 Å². The molecule has 1 aromatic heterocycles. The molecular weight excluding hydrogens is 316 g/mol. The number of carbonyl (C=O) groups is 1. The summed E-state index contributed by atoms with van der Waals surface area (Å²) in [5, 5.41) is 3.17. The second-order valence-electron chi connectivity index (χ2n) is 4.30. The number of primary amides is 1. The lowest BCUT2D eigenvalue weighted by Crippen LogP contribution is -2.12. The van der Waals surface area contributed by atoms with Crippen molar-refractivity contribution in [3.63, 3.8) is 0 Å². The molecule has 5 nitrogen and oxygen atoms in total. The van der Waals surface area contributed by atoms with Gasteiger partial charge >= 0.3 is 6.61 Å². The molecule has 1 heterocycles. The van der Waals surface area contributed by atoms with Gasteiger partial charge in [0.1, 0.15) is 11.6 Å². The summed E-state index contributed by atoms with van der Waals surface area (Å²) >= 11 is 5.98. The van der Waals surface area contributed by atoms with E-state index < -0.39 is 12.5 Å².